The van der Waals surface area contributed by atoms with Gasteiger partial charge in [0.15, 0.2) is 12.4 Å². The van der Waals surface area contributed by atoms with Gasteiger partial charge in [-0.2, -0.15) is 0 Å². The molecule has 0 aliphatic carbocycles. The van der Waals surface area contributed by atoms with E-state index in [2.05, 4.69) is 5.32 Å². The Bertz CT molecular complexity index is 701. The summed E-state index contributed by atoms with van der Waals surface area (Å²) >= 11 is 5.63. The molecule has 0 aliphatic rings. The number of Topliss-reactive ketones (excluding diaryl/α,β-unsaturated/α-hetero) is 1. The van der Waals surface area contributed by atoms with Crippen molar-refractivity contribution in [2.45, 2.75) is 6.92 Å². The maximum atomic E-state index is 13.0. The zero-order valence-electron chi connectivity index (χ0n) is 11.7. The van der Waals surface area contributed by atoms with Crippen molar-refractivity contribution in [1.29, 1.82) is 0 Å². The normalized spacial score (nSPS) is 10.1. The van der Waals surface area contributed by atoms with Gasteiger partial charge in [-0.05, 0) is 49.4 Å². The predicted octanol–water partition coefficient (Wildman–Crippen LogP) is 3.70. The first-order chi connectivity index (χ1) is 10.5. The van der Waals surface area contributed by atoms with E-state index in [-0.39, 0.29) is 17.4 Å². The molecule has 2 aromatic carbocycles. The highest BCUT2D eigenvalue weighted by atomic mass is 35.5. The van der Waals surface area contributed by atoms with Crippen LogP contribution in [0.5, 0.6) is 5.75 Å². The zero-order valence-corrected chi connectivity index (χ0v) is 12.5. The molecule has 1 amide bonds. The van der Waals surface area contributed by atoms with Gasteiger partial charge in [0.25, 0.3) is 5.91 Å². The van der Waals surface area contributed by atoms with Crippen molar-refractivity contribution in [3.8, 4) is 5.75 Å². The fourth-order valence-electron chi connectivity index (χ4n) is 1.71. The quantitative estimate of drug-likeness (QED) is 0.854. The van der Waals surface area contributed by atoms with Crippen LogP contribution in [0.2, 0.25) is 5.02 Å². The molecule has 0 radical (unpaired) electrons. The molecule has 0 saturated carbocycles. The van der Waals surface area contributed by atoms with E-state index >= 15 is 0 Å². The van der Waals surface area contributed by atoms with Crippen LogP contribution in [0.25, 0.3) is 0 Å². The van der Waals surface area contributed by atoms with Crippen molar-refractivity contribution >= 4 is 29.0 Å². The highest BCUT2D eigenvalue weighted by Crippen LogP contribution is 2.19. The molecule has 0 unspecified atom stereocenters. The van der Waals surface area contributed by atoms with Crippen LogP contribution in [0, 0.1) is 5.82 Å². The molecule has 0 saturated heterocycles. The minimum Gasteiger partial charge on any atom is -0.484 e. The Morgan fingerprint density at radius 2 is 1.86 bits per heavy atom. The van der Waals surface area contributed by atoms with Crippen molar-refractivity contribution in [3.05, 3.63) is 58.9 Å². The van der Waals surface area contributed by atoms with Crippen LogP contribution in [0.15, 0.2) is 42.5 Å². The van der Waals surface area contributed by atoms with Crippen LogP contribution in [-0.4, -0.2) is 18.3 Å². The van der Waals surface area contributed by atoms with Gasteiger partial charge >= 0.3 is 0 Å². The predicted molar refractivity (Wildman–Crippen MR) is 82.0 cm³/mol. The average Bonchev–Trinajstić information content (AvgIpc) is 2.49. The van der Waals surface area contributed by atoms with E-state index < -0.39 is 11.7 Å². The second-order valence-corrected chi connectivity index (χ2v) is 4.95. The molecular weight excluding hydrogens is 309 g/mol. The van der Waals surface area contributed by atoms with E-state index in [4.69, 9.17) is 16.3 Å². The number of nitrogens with one attached hydrogen (secondary N) is 1. The first-order valence-electron chi connectivity index (χ1n) is 6.44. The topological polar surface area (TPSA) is 55.4 Å². The number of halogens is 2. The van der Waals surface area contributed by atoms with Crippen LogP contribution >= 0.6 is 11.6 Å². The molecule has 0 aromatic heterocycles. The van der Waals surface area contributed by atoms with E-state index in [1.165, 1.54) is 25.1 Å². The third-order valence-electron chi connectivity index (χ3n) is 2.83. The smallest absolute Gasteiger partial charge is 0.262 e. The molecule has 0 heterocycles. The number of carbonyl (C=O) groups excluding carboxylic acids is 2. The lowest BCUT2D eigenvalue weighted by Crippen LogP contribution is -2.20. The van der Waals surface area contributed by atoms with Gasteiger partial charge < -0.3 is 10.1 Å². The average molecular weight is 322 g/mol. The van der Waals surface area contributed by atoms with Gasteiger partial charge in [0.1, 0.15) is 11.6 Å². The summed E-state index contributed by atoms with van der Waals surface area (Å²) in [5.41, 5.74) is 0.949. The Kier molecular flexibility index (Phi) is 5.12. The first-order valence-corrected chi connectivity index (χ1v) is 6.82. The lowest BCUT2D eigenvalue weighted by molar-refractivity contribution is -0.118. The number of ether oxygens (including phenoxy) is 1. The van der Waals surface area contributed by atoms with Crippen LogP contribution in [0.1, 0.15) is 17.3 Å². The minimum absolute atomic E-state index is 0.0440. The summed E-state index contributed by atoms with van der Waals surface area (Å²) in [7, 11) is 0. The Balaban J connectivity index is 1.89. The maximum absolute atomic E-state index is 13.0. The summed E-state index contributed by atoms with van der Waals surface area (Å²) in [5.74, 6) is -0.533. The Morgan fingerprint density at radius 3 is 2.45 bits per heavy atom. The van der Waals surface area contributed by atoms with Gasteiger partial charge in [-0.25, -0.2) is 4.39 Å². The molecule has 0 atom stereocenters. The second kappa shape index (κ2) is 7.04. The first kappa shape index (κ1) is 16.0. The second-order valence-electron chi connectivity index (χ2n) is 4.55. The van der Waals surface area contributed by atoms with E-state index in [0.717, 1.165) is 0 Å². The summed E-state index contributed by atoms with van der Waals surface area (Å²) in [5, 5.41) is 2.47. The van der Waals surface area contributed by atoms with Gasteiger partial charge in [-0.15, -0.1) is 0 Å². The molecule has 22 heavy (non-hydrogen) atoms. The highest BCUT2D eigenvalue weighted by molar-refractivity contribution is 6.31. The standard InChI is InChI=1S/C16H13ClFNO3/c1-10(20)11-2-5-13(6-3-11)22-9-16(21)19-12-4-7-15(18)14(17)8-12/h2-8H,9H2,1H3,(H,19,21). The molecule has 4 nitrogen and oxygen atoms in total. The van der Waals surface area contributed by atoms with Crippen LogP contribution in [0.3, 0.4) is 0 Å². The van der Waals surface area contributed by atoms with Gasteiger partial charge in [-0.3, -0.25) is 9.59 Å². The number of carbonyl (C=O) groups is 2. The van der Waals surface area contributed by atoms with Crippen molar-refractivity contribution in [1.82, 2.24) is 0 Å². The van der Waals surface area contributed by atoms with Gasteiger partial charge in [0.2, 0.25) is 0 Å². The van der Waals surface area contributed by atoms with Gasteiger partial charge in [-0.1, -0.05) is 11.6 Å². The maximum Gasteiger partial charge on any atom is 0.262 e. The Hall–Kier alpha value is -2.40. The molecule has 2 aromatic rings. The van der Waals surface area contributed by atoms with E-state index in [1.54, 1.807) is 24.3 Å². The fraction of sp³-hybridized carbons (Fsp3) is 0.125. The summed E-state index contributed by atoms with van der Waals surface area (Å²) < 4.78 is 18.3. The van der Waals surface area contributed by atoms with Crippen LogP contribution in [0.4, 0.5) is 10.1 Å². The van der Waals surface area contributed by atoms with Crippen molar-refractivity contribution in [2.75, 3.05) is 11.9 Å². The summed E-state index contributed by atoms with van der Waals surface area (Å²) in [6.07, 6.45) is 0. The molecule has 0 bridgehead atoms. The van der Waals surface area contributed by atoms with Crippen molar-refractivity contribution in [2.24, 2.45) is 0 Å². The Morgan fingerprint density at radius 1 is 1.18 bits per heavy atom. The molecule has 0 fully saturated rings. The SMILES string of the molecule is CC(=O)c1ccc(OCC(=O)Nc2ccc(F)c(Cl)c2)cc1. The number of benzene rings is 2. The van der Waals surface area contributed by atoms with E-state index in [0.29, 0.717) is 17.0 Å². The van der Waals surface area contributed by atoms with Gasteiger partial charge in [0.05, 0.1) is 5.02 Å². The molecule has 114 valence electrons. The summed E-state index contributed by atoms with van der Waals surface area (Å²) in [6.45, 7) is 1.26. The Labute approximate surface area is 131 Å². The molecule has 6 heteroatoms. The minimum atomic E-state index is -0.554. The number of rotatable bonds is 5. The number of hydrogen-bond acceptors (Lipinski definition) is 3. The lowest BCUT2D eigenvalue weighted by Gasteiger charge is -2.08. The fourth-order valence-corrected chi connectivity index (χ4v) is 1.89. The molecule has 1 N–H and O–H groups in total. The number of anilines is 1. The third kappa shape index (κ3) is 4.30. The number of amides is 1. The van der Waals surface area contributed by atoms with Gasteiger partial charge in [0, 0.05) is 11.3 Å². The van der Waals surface area contributed by atoms with Crippen molar-refractivity contribution in [3.63, 3.8) is 0 Å². The number of hydrogen-bond donors (Lipinski definition) is 1. The summed E-state index contributed by atoms with van der Waals surface area (Å²) in [6, 6.07) is 10.3. The number of ketones is 1. The largest absolute Gasteiger partial charge is 0.484 e. The van der Waals surface area contributed by atoms with Crippen LogP contribution < -0.4 is 10.1 Å². The van der Waals surface area contributed by atoms with E-state index in [1.807, 2.05) is 0 Å². The van der Waals surface area contributed by atoms with Crippen LogP contribution in [-0.2, 0) is 4.79 Å². The third-order valence-corrected chi connectivity index (χ3v) is 3.12. The van der Waals surface area contributed by atoms with E-state index in [9.17, 15) is 14.0 Å². The highest BCUT2D eigenvalue weighted by Gasteiger charge is 2.07. The monoisotopic (exact) mass is 321 g/mol. The molecule has 0 spiro atoms. The zero-order chi connectivity index (χ0) is 16.1. The summed E-state index contributed by atoms with van der Waals surface area (Å²) in [4.78, 5) is 22.9. The lowest BCUT2D eigenvalue weighted by atomic mass is 10.1. The molecule has 2 rings (SSSR count). The molecular formula is C16H13ClFNO3. The van der Waals surface area contributed by atoms with Crippen molar-refractivity contribution < 1.29 is 18.7 Å². The molecule has 0 aliphatic heterocycles.